The Balaban J connectivity index is 1.86. The molecule has 5 heteroatoms. The van der Waals surface area contributed by atoms with Gasteiger partial charge < -0.3 is 5.32 Å². The first-order valence-electron chi connectivity index (χ1n) is 7.30. The molecule has 1 amide bonds. The van der Waals surface area contributed by atoms with E-state index in [-0.39, 0.29) is 30.6 Å². The Bertz CT molecular complexity index is 700. The van der Waals surface area contributed by atoms with Crippen LogP contribution >= 0.6 is 11.6 Å². The largest absolute Gasteiger partial charge is 0.350 e. The monoisotopic (exact) mass is 333 g/mol. The van der Waals surface area contributed by atoms with Crippen molar-refractivity contribution in [2.24, 2.45) is 0 Å². The fourth-order valence-electron chi connectivity index (χ4n) is 2.22. The second kappa shape index (κ2) is 7.88. The van der Waals surface area contributed by atoms with Gasteiger partial charge in [0.25, 0.3) is 0 Å². The Morgan fingerprint density at radius 2 is 1.74 bits per heavy atom. The van der Waals surface area contributed by atoms with Crippen LogP contribution in [0.1, 0.15) is 41.7 Å². The lowest BCUT2D eigenvalue weighted by Gasteiger charge is -2.15. The van der Waals surface area contributed by atoms with Gasteiger partial charge >= 0.3 is 0 Å². The van der Waals surface area contributed by atoms with Crippen molar-refractivity contribution in [2.45, 2.75) is 25.8 Å². The molecule has 23 heavy (non-hydrogen) atoms. The van der Waals surface area contributed by atoms with Crippen molar-refractivity contribution < 1.29 is 14.0 Å². The van der Waals surface area contributed by atoms with Crippen molar-refractivity contribution in [3.63, 3.8) is 0 Å². The van der Waals surface area contributed by atoms with Crippen LogP contribution in [0.5, 0.6) is 0 Å². The van der Waals surface area contributed by atoms with Gasteiger partial charge in [0.2, 0.25) is 5.91 Å². The summed E-state index contributed by atoms with van der Waals surface area (Å²) in [5.41, 5.74) is 1.23. The van der Waals surface area contributed by atoms with Gasteiger partial charge in [-0.3, -0.25) is 9.59 Å². The van der Waals surface area contributed by atoms with E-state index in [1.165, 1.54) is 24.3 Å². The van der Waals surface area contributed by atoms with E-state index in [1.54, 1.807) is 6.07 Å². The molecule has 120 valence electrons. The van der Waals surface area contributed by atoms with Gasteiger partial charge in [-0.05, 0) is 42.8 Å². The maximum atomic E-state index is 12.8. The number of Topliss-reactive ketones (excluding diaryl/α,β-unsaturated/α-hetero) is 1. The van der Waals surface area contributed by atoms with E-state index < -0.39 is 5.82 Å². The summed E-state index contributed by atoms with van der Waals surface area (Å²) in [6, 6.07) is 12.3. The summed E-state index contributed by atoms with van der Waals surface area (Å²) in [5.74, 6) is -0.814. The standard InChI is InChI=1S/C18H17ClFNO2/c1-12(15-4-2-3-5-16(15)19)21-18(23)11-10-17(22)13-6-8-14(20)9-7-13/h2-9,12H,10-11H2,1H3,(H,21,23). The van der Waals surface area contributed by atoms with Gasteiger partial charge in [-0.25, -0.2) is 4.39 Å². The second-order valence-electron chi connectivity index (χ2n) is 5.24. The Labute approximate surface area is 139 Å². The van der Waals surface area contributed by atoms with Crippen LogP contribution in [0.3, 0.4) is 0 Å². The minimum Gasteiger partial charge on any atom is -0.350 e. The highest BCUT2D eigenvalue weighted by atomic mass is 35.5. The highest BCUT2D eigenvalue weighted by Crippen LogP contribution is 2.22. The molecule has 0 saturated heterocycles. The first-order chi connectivity index (χ1) is 11.0. The molecule has 1 atom stereocenters. The lowest BCUT2D eigenvalue weighted by atomic mass is 10.1. The third kappa shape index (κ3) is 4.89. The summed E-state index contributed by atoms with van der Waals surface area (Å²) in [5, 5.41) is 3.40. The van der Waals surface area contributed by atoms with E-state index in [4.69, 9.17) is 11.6 Å². The van der Waals surface area contributed by atoms with Crippen molar-refractivity contribution in [2.75, 3.05) is 0 Å². The summed E-state index contributed by atoms with van der Waals surface area (Å²) in [4.78, 5) is 23.9. The number of benzene rings is 2. The van der Waals surface area contributed by atoms with Crippen molar-refractivity contribution in [1.29, 1.82) is 0 Å². The minimum atomic E-state index is -0.396. The molecule has 0 fully saturated rings. The topological polar surface area (TPSA) is 46.2 Å². The molecule has 0 spiro atoms. The SMILES string of the molecule is CC(NC(=O)CCC(=O)c1ccc(F)cc1)c1ccccc1Cl. The summed E-state index contributed by atoms with van der Waals surface area (Å²) in [7, 11) is 0. The van der Waals surface area contributed by atoms with Gasteiger partial charge in [0.05, 0.1) is 6.04 Å². The molecule has 2 aromatic carbocycles. The van der Waals surface area contributed by atoms with E-state index in [9.17, 15) is 14.0 Å². The first kappa shape index (κ1) is 17.2. The van der Waals surface area contributed by atoms with E-state index in [1.807, 2.05) is 25.1 Å². The van der Waals surface area contributed by atoms with Crippen molar-refractivity contribution in [1.82, 2.24) is 5.32 Å². The van der Waals surface area contributed by atoms with Crippen LogP contribution in [0.4, 0.5) is 4.39 Å². The number of nitrogens with one attached hydrogen (secondary N) is 1. The van der Waals surface area contributed by atoms with Crippen LogP contribution in [0.2, 0.25) is 5.02 Å². The molecule has 0 aliphatic heterocycles. The molecule has 2 aromatic rings. The molecule has 0 saturated carbocycles. The normalized spacial score (nSPS) is 11.8. The van der Waals surface area contributed by atoms with Gasteiger partial charge in [0.1, 0.15) is 5.82 Å². The number of rotatable bonds is 6. The predicted molar refractivity (Wildman–Crippen MR) is 88.0 cm³/mol. The van der Waals surface area contributed by atoms with Gasteiger partial charge in [-0.2, -0.15) is 0 Å². The maximum Gasteiger partial charge on any atom is 0.220 e. The molecule has 0 aliphatic rings. The molecule has 0 radical (unpaired) electrons. The first-order valence-corrected chi connectivity index (χ1v) is 7.67. The minimum absolute atomic E-state index is 0.0744. The van der Waals surface area contributed by atoms with E-state index >= 15 is 0 Å². The summed E-state index contributed by atoms with van der Waals surface area (Å²) in [6.45, 7) is 1.83. The molecule has 1 unspecified atom stereocenters. The Morgan fingerprint density at radius 3 is 2.39 bits per heavy atom. The number of halogens is 2. The van der Waals surface area contributed by atoms with Crippen LogP contribution in [0.15, 0.2) is 48.5 Å². The van der Waals surface area contributed by atoms with Crippen molar-refractivity contribution in [3.8, 4) is 0 Å². The average Bonchev–Trinajstić information content (AvgIpc) is 2.53. The van der Waals surface area contributed by atoms with Gasteiger partial charge in [0, 0.05) is 23.4 Å². The number of ketones is 1. The van der Waals surface area contributed by atoms with Gasteiger partial charge in [-0.15, -0.1) is 0 Å². The summed E-state index contributed by atoms with van der Waals surface area (Å²) < 4.78 is 12.8. The zero-order valence-electron chi connectivity index (χ0n) is 12.7. The molecular weight excluding hydrogens is 317 g/mol. The Kier molecular flexibility index (Phi) is 5.88. The molecular formula is C18H17ClFNO2. The number of carbonyl (C=O) groups is 2. The lowest BCUT2D eigenvalue weighted by molar-refractivity contribution is -0.121. The van der Waals surface area contributed by atoms with Crippen molar-refractivity contribution >= 4 is 23.3 Å². The van der Waals surface area contributed by atoms with Gasteiger partial charge in [-0.1, -0.05) is 29.8 Å². The zero-order chi connectivity index (χ0) is 16.8. The average molecular weight is 334 g/mol. The van der Waals surface area contributed by atoms with Crippen LogP contribution in [0, 0.1) is 5.82 Å². The summed E-state index contributed by atoms with van der Waals surface area (Å²) >= 11 is 6.09. The predicted octanol–water partition coefficient (Wildman–Crippen LogP) is 4.32. The number of hydrogen-bond acceptors (Lipinski definition) is 2. The highest BCUT2D eigenvalue weighted by molar-refractivity contribution is 6.31. The van der Waals surface area contributed by atoms with E-state index in [0.29, 0.717) is 10.6 Å². The fourth-order valence-corrected chi connectivity index (χ4v) is 2.52. The third-order valence-electron chi connectivity index (χ3n) is 3.49. The smallest absolute Gasteiger partial charge is 0.220 e. The Hall–Kier alpha value is -2.20. The zero-order valence-corrected chi connectivity index (χ0v) is 13.4. The second-order valence-corrected chi connectivity index (χ2v) is 5.65. The third-order valence-corrected chi connectivity index (χ3v) is 3.84. The molecule has 3 nitrogen and oxygen atoms in total. The summed E-state index contributed by atoms with van der Waals surface area (Å²) in [6.07, 6.45) is 0.151. The molecule has 0 bridgehead atoms. The number of amides is 1. The quantitative estimate of drug-likeness (QED) is 0.800. The van der Waals surface area contributed by atoms with Crippen LogP contribution in [-0.4, -0.2) is 11.7 Å². The highest BCUT2D eigenvalue weighted by Gasteiger charge is 2.14. The number of hydrogen-bond donors (Lipinski definition) is 1. The van der Waals surface area contributed by atoms with Gasteiger partial charge in [0.15, 0.2) is 5.78 Å². The van der Waals surface area contributed by atoms with E-state index in [0.717, 1.165) is 5.56 Å². The Morgan fingerprint density at radius 1 is 1.09 bits per heavy atom. The fraction of sp³-hybridized carbons (Fsp3) is 0.222. The van der Waals surface area contributed by atoms with E-state index in [2.05, 4.69) is 5.32 Å². The molecule has 2 rings (SSSR count). The molecule has 0 aromatic heterocycles. The maximum absolute atomic E-state index is 12.8. The van der Waals surface area contributed by atoms with Crippen LogP contribution < -0.4 is 5.32 Å². The molecule has 1 N–H and O–H groups in total. The number of carbonyl (C=O) groups excluding carboxylic acids is 2. The molecule has 0 aliphatic carbocycles. The van der Waals surface area contributed by atoms with Crippen LogP contribution in [0.25, 0.3) is 0 Å². The van der Waals surface area contributed by atoms with Crippen molar-refractivity contribution in [3.05, 3.63) is 70.5 Å². The van der Waals surface area contributed by atoms with Crippen LogP contribution in [-0.2, 0) is 4.79 Å². The lowest BCUT2D eigenvalue weighted by Crippen LogP contribution is -2.27. The molecule has 0 heterocycles.